The summed E-state index contributed by atoms with van der Waals surface area (Å²) < 4.78 is 0.920. The Morgan fingerprint density at radius 1 is 1.50 bits per heavy atom. The van der Waals surface area contributed by atoms with Gasteiger partial charge in [0, 0.05) is 6.42 Å². The molecule has 0 aromatic carbocycles. The number of aryl methyl sites for hydroxylation is 1. The van der Waals surface area contributed by atoms with Crippen molar-refractivity contribution >= 4 is 39.0 Å². The van der Waals surface area contributed by atoms with Crippen molar-refractivity contribution in [1.82, 2.24) is 0 Å². The van der Waals surface area contributed by atoms with Crippen molar-refractivity contribution in [1.29, 1.82) is 0 Å². The number of thiophene rings is 1. The molecule has 0 amide bonds. The normalized spacial score (nSPS) is 11.5. The summed E-state index contributed by atoms with van der Waals surface area (Å²) in [4.78, 5) is 23.4. The minimum Gasteiger partial charge on any atom is -0.481 e. The Morgan fingerprint density at radius 2 is 2.06 bits per heavy atom. The molecule has 1 N–H and O–H groups in total. The lowest BCUT2D eigenvalue weighted by molar-refractivity contribution is -0.146. The fraction of sp³-hybridized carbons (Fsp3) is 0.455. The molecule has 5 heteroatoms. The molecule has 0 saturated carbocycles. The molecule has 0 spiro atoms. The molecule has 16 heavy (non-hydrogen) atoms. The fourth-order valence-electron chi connectivity index (χ4n) is 1.16. The summed E-state index contributed by atoms with van der Waals surface area (Å²) in [5, 5.41) is 8.94. The molecule has 0 aliphatic carbocycles. The minimum absolute atomic E-state index is 0.0225. The summed E-state index contributed by atoms with van der Waals surface area (Å²) in [7, 11) is 0. The van der Waals surface area contributed by atoms with Gasteiger partial charge in [-0.2, -0.15) is 0 Å². The van der Waals surface area contributed by atoms with Gasteiger partial charge < -0.3 is 5.11 Å². The van der Waals surface area contributed by atoms with E-state index in [1.807, 2.05) is 6.92 Å². The van der Waals surface area contributed by atoms with E-state index in [2.05, 4.69) is 15.9 Å². The van der Waals surface area contributed by atoms with E-state index in [0.29, 0.717) is 4.88 Å². The summed E-state index contributed by atoms with van der Waals surface area (Å²) in [6, 6.07) is 1.79. The Morgan fingerprint density at radius 3 is 2.44 bits per heavy atom. The van der Waals surface area contributed by atoms with Gasteiger partial charge in [-0.05, 0) is 48.3 Å². The number of carbonyl (C=O) groups is 2. The Balaban J connectivity index is 2.84. The predicted octanol–water partition coefficient (Wildman–Crippen LogP) is 3.50. The number of carboxylic acids is 1. The summed E-state index contributed by atoms with van der Waals surface area (Å²) in [6.07, 6.45) is 0.0225. The van der Waals surface area contributed by atoms with Gasteiger partial charge >= 0.3 is 5.97 Å². The second kappa shape index (κ2) is 4.67. The number of aliphatic carboxylic acids is 1. The van der Waals surface area contributed by atoms with Crippen LogP contribution in [0.25, 0.3) is 0 Å². The molecule has 3 nitrogen and oxygen atoms in total. The Labute approximate surface area is 107 Å². The molecule has 1 aromatic rings. The van der Waals surface area contributed by atoms with Crippen molar-refractivity contribution in [3.05, 3.63) is 20.3 Å². The third kappa shape index (κ3) is 2.92. The van der Waals surface area contributed by atoms with Gasteiger partial charge in [-0.1, -0.05) is 0 Å². The van der Waals surface area contributed by atoms with Crippen LogP contribution in [0.3, 0.4) is 0 Å². The molecule has 0 atom stereocenters. The summed E-state index contributed by atoms with van der Waals surface area (Å²) >= 11 is 4.69. The zero-order chi connectivity index (χ0) is 12.5. The van der Waals surface area contributed by atoms with Gasteiger partial charge in [0.2, 0.25) is 0 Å². The molecule has 0 aliphatic rings. The van der Waals surface area contributed by atoms with E-state index in [1.165, 1.54) is 11.3 Å². The molecule has 1 aromatic heterocycles. The van der Waals surface area contributed by atoms with Gasteiger partial charge in [-0.3, -0.25) is 9.59 Å². The van der Waals surface area contributed by atoms with Crippen LogP contribution in [0.4, 0.5) is 0 Å². The lowest BCUT2D eigenvalue weighted by Crippen LogP contribution is -2.26. The Kier molecular flexibility index (Phi) is 3.91. The number of carboxylic acid groups (broad SMARTS) is 1. The standard InChI is InChI=1S/C11H13BrO3S/c1-6-4-8(16-9(6)12)7(13)5-11(2,3)10(14)15/h4H,5H2,1-3H3,(H,14,15). The number of carbonyl (C=O) groups excluding carboxylic acids is 1. The van der Waals surface area contributed by atoms with Crippen LogP contribution in [-0.4, -0.2) is 16.9 Å². The van der Waals surface area contributed by atoms with Crippen LogP contribution < -0.4 is 0 Å². The average Bonchev–Trinajstić information content (AvgIpc) is 2.46. The smallest absolute Gasteiger partial charge is 0.309 e. The molecule has 0 unspecified atom stereocenters. The van der Waals surface area contributed by atoms with E-state index < -0.39 is 11.4 Å². The lowest BCUT2D eigenvalue weighted by Gasteiger charge is -2.16. The monoisotopic (exact) mass is 304 g/mol. The van der Waals surface area contributed by atoms with E-state index >= 15 is 0 Å². The first-order valence-corrected chi connectivity index (χ1v) is 6.37. The molecule has 88 valence electrons. The number of halogens is 1. The highest BCUT2D eigenvalue weighted by Crippen LogP contribution is 2.31. The van der Waals surface area contributed by atoms with E-state index in [-0.39, 0.29) is 12.2 Å². The molecule has 0 radical (unpaired) electrons. The highest BCUT2D eigenvalue weighted by Gasteiger charge is 2.31. The zero-order valence-electron chi connectivity index (χ0n) is 9.33. The lowest BCUT2D eigenvalue weighted by atomic mass is 9.87. The molecule has 0 aliphatic heterocycles. The van der Waals surface area contributed by atoms with Crippen molar-refractivity contribution < 1.29 is 14.7 Å². The van der Waals surface area contributed by atoms with Crippen molar-refractivity contribution in [2.45, 2.75) is 27.2 Å². The third-order valence-electron chi connectivity index (χ3n) is 2.31. The summed E-state index contributed by atoms with van der Waals surface area (Å²) in [5.74, 6) is -1.07. The minimum atomic E-state index is -1.01. The Bertz CT molecular complexity index is 415. The van der Waals surface area contributed by atoms with Crippen LogP contribution in [0.1, 0.15) is 35.5 Å². The van der Waals surface area contributed by atoms with Gasteiger partial charge in [0.15, 0.2) is 5.78 Å². The second-order valence-electron chi connectivity index (χ2n) is 4.36. The van der Waals surface area contributed by atoms with Crippen molar-refractivity contribution in [2.24, 2.45) is 5.41 Å². The maximum Gasteiger partial charge on any atom is 0.309 e. The van der Waals surface area contributed by atoms with Crippen LogP contribution in [0.2, 0.25) is 0 Å². The maximum absolute atomic E-state index is 11.9. The quantitative estimate of drug-likeness (QED) is 0.866. The van der Waals surface area contributed by atoms with Crippen LogP contribution in [0, 0.1) is 12.3 Å². The van der Waals surface area contributed by atoms with Crippen LogP contribution in [0.5, 0.6) is 0 Å². The van der Waals surface area contributed by atoms with E-state index in [0.717, 1.165) is 9.35 Å². The Hall–Kier alpha value is -0.680. The molecular weight excluding hydrogens is 292 g/mol. The number of hydrogen-bond acceptors (Lipinski definition) is 3. The first kappa shape index (κ1) is 13.4. The molecule has 0 fully saturated rings. The zero-order valence-corrected chi connectivity index (χ0v) is 11.7. The molecular formula is C11H13BrO3S. The highest BCUT2D eigenvalue weighted by molar-refractivity contribution is 9.11. The fourth-order valence-corrected chi connectivity index (χ4v) is 2.63. The summed E-state index contributed by atoms with van der Waals surface area (Å²) in [5.41, 5.74) is -0.0111. The first-order valence-electron chi connectivity index (χ1n) is 4.76. The number of rotatable bonds is 4. The average molecular weight is 305 g/mol. The molecule has 1 rings (SSSR count). The molecule has 0 bridgehead atoms. The maximum atomic E-state index is 11.9. The van der Waals surface area contributed by atoms with Crippen LogP contribution in [0.15, 0.2) is 9.85 Å². The van der Waals surface area contributed by atoms with Gasteiger partial charge in [0.1, 0.15) is 0 Å². The van der Waals surface area contributed by atoms with E-state index in [9.17, 15) is 9.59 Å². The van der Waals surface area contributed by atoms with Crippen molar-refractivity contribution in [3.8, 4) is 0 Å². The molecule has 1 heterocycles. The van der Waals surface area contributed by atoms with Crippen molar-refractivity contribution in [3.63, 3.8) is 0 Å². The highest BCUT2D eigenvalue weighted by atomic mass is 79.9. The summed E-state index contributed by atoms with van der Waals surface area (Å²) in [6.45, 7) is 5.02. The van der Waals surface area contributed by atoms with Crippen molar-refractivity contribution in [2.75, 3.05) is 0 Å². The topological polar surface area (TPSA) is 54.4 Å². The van der Waals surface area contributed by atoms with E-state index in [4.69, 9.17) is 5.11 Å². The predicted molar refractivity (Wildman–Crippen MR) is 67.1 cm³/mol. The van der Waals surface area contributed by atoms with Crippen LogP contribution in [-0.2, 0) is 4.79 Å². The third-order valence-corrected chi connectivity index (χ3v) is 4.49. The second-order valence-corrected chi connectivity index (χ2v) is 6.73. The van der Waals surface area contributed by atoms with Crippen LogP contribution >= 0.6 is 27.3 Å². The van der Waals surface area contributed by atoms with Gasteiger partial charge in [0.25, 0.3) is 0 Å². The number of Topliss-reactive ketones (excluding diaryl/α,β-unsaturated/α-hetero) is 1. The SMILES string of the molecule is Cc1cc(C(=O)CC(C)(C)C(=O)O)sc1Br. The first-order chi connectivity index (χ1) is 7.24. The van der Waals surface area contributed by atoms with Gasteiger partial charge in [-0.15, -0.1) is 11.3 Å². The largest absolute Gasteiger partial charge is 0.481 e. The number of hydrogen-bond donors (Lipinski definition) is 1. The van der Waals surface area contributed by atoms with Gasteiger partial charge in [-0.25, -0.2) is 0 Å². The van der Waals surface area contributed by atoms with Gasteiger partial charge in [0.05, 0.1) is 14.1 Å². The number of ketones is 1. The van der Waals surface area contributed by atoms with E-state index in [1.54, 1.807) is 19.9 Å². The molecule has 0 saturated heterocycles.